The van der Waals surface area contributed by atoms with Crippen molar-refractivity contribution in [2.24, 2.45) is 5.41 Å². The van der Waals surface area contributed by atoms with E-state index in [4.69, 9.17) is 14.3 Å². The van der Waals surface area contributed by atoms with Crippen molar-refractivity contribution < 1.29 is 19.1 Å². The molecular weight excluding hydrogens is 396 g/mol. The summed E-state index contributed by atoms with van der Waals surface area (Å²) in [5.74, 6) is -0.939. The van der Waals surface area contributed by atoms with Crippen LogP contribution in [-0.2, 0) is 4.79 Å². The molecule has 0 saturated heterocycles. The summed E-state index contributed by atoms with van der Waals surface area (Å²) in [6.07, 6.45) is 3.28. The Morgan fingerprint density at radius 2 is 1.81 bits per heavy atom. The Hall–Kier alpha value is -3.94. The Labute approximate surface area is 178 Å². The molecule has 0 spiro atoms. The van der Waals surface area contributed by atoms with E-state index in [1.165, 1.54) is 0 Å². The monoisotopic (exact) mass is 418 g/mol. The number of nitrogens with zero attached hydrogens (tertiary/aromatic N) is 3. The summed E-state index contributed by atoms with van der Waals surface area (Å²) in [7, 11) is 0. The molecule has 0 fully saturated rings. The lowest BCUT2D eigenvalue weighted by Gasteiger charge is -2.18. The predicted octanol–water partition coefficient (Wildman–Crippen LogP) is 4.83. The number of hydrogen-bond acceptors (Lipinski definition) is 7. The second-order valence-electron chi connectivity index (χ2n) is 7.88. The van der Waals surface area contributed by atoms with Crippen LogP contribution in [0.25, 0.3) is 22.2 Å². The van der Waals surface area contributed by atoms with Gasteiger partial charge in [0, 0.05) is 23.6 Å². The summed E-state index contributed by atoms with van der Waals surface area (Å²) < 4.78 is 11.2. The molecule has 0 bridgehead atoms. The number of anilines is 2. The number of carbonyl (C=O) groups is 1. The lowest BCUT2D eigenvalue weighted by molar-refractivity contribution is -0.148. The smallest absolute Gasteiger partial charge is 0.316 e. The highest BCUT2D eigenvalue weighted by molar-refractivity contribution is 5.78. The highest BCUT2D eigenvalue weighted by Crippen LogP contribution is 2.26. The summed E-state index contributed by atoms with van der Waals surface area (Å²) in [6.45, 7) is 5.14. The van der Waals surface area contributed by atoms with E-state index in [1.807, 2.05) is 49.4 Å². The van der Waals surface area contributed by atoms with Gasteiger partial charge in [0.15, 0.2) is 5.58 Å². The van der Waals surface area contributed by atoms with Gasteiger partial charge in [0.1, 0.15) is 12.1 Å². The number of carboxylic acid groups (broad SMARTS) is 1. The first-order valence-corrected chi connectivity index (χ1v) is 9.74. The van der Waals surface area contributed by atoms with Gasteiger partial charge in [-0.25, -0.2) is 9.97 Å². The maximum Gasteiger partial charge on any atom is 0.316 e. The van der Waals surface area contributed by atoms with Crippen LogP contribution >= 0.6 is 0 Å². The van der Waals surface area contributed by atoms with Crippen LogP contribution < -0.4 is 10.1 Å². The third kappa shape index (κ3) is 4.48. The maximum absolute atomic E-state index is 11.1. The van der Waals surface area contributed by atoms with Crippen LogP contribution in [0.5, 0.6) is 6.01 Å². The first-order valence-electron chi connectivity index (χ1n) is 9.74. The summed E-state index contributed by atoms with van der Waals surface area (Å²) in [4.78, 5) is 24.0. The lowest BCUT2D eigenvalue weighted by atomic mass is 9.95. The van der Waals surface area contributed by atoms with Crippen LogP contribution in [0, 0.1) is 12.3 Å². The molecule has 2 N–H and O–H groups in total. The zero-order valence-corrected chi connectivity index (χ0v) is 17.4. The zero-order chi connectivity index (χ0) is 22.0. The van der Waals surface area contributed by atoms with Gasteiger partial charge in [-0.05, 0) is 50.1 Å². The van der Waals surface area contributed by atoms with Crippen molar-refractivity contribution in [2.75, 3.05) is 11.9 Å². The molecule has 4 aromatic rings. The van der Waals surface area contributed by atoms with Crippen molar-refractivity contribution in [2.45, 2.75) is 20.8 Å². The van der Waals surface area contributed by atoms with Gasteiger partial charge in [-0.1, -0.05) is 24.3 Å². The Bertz CT molecular complexity index is 1210. The van der Waals surface area contributed by atoms with E-state index < -0.39 is 11.4 Å². The van der Waals surface area contributed by atoms with Gasteiger partial charge in [-0.3, -0.25) is 4.79 Å². The molecule has 0 radical (unpaired) electrons. The molecule has 0 saturated carbocycles. The number of aromatic nitrogens is 3. The topological polar surface area (TPSA) is 110 Å². The first kappa shape index (κ1) is 20.3. The average Bonchev–Trinajstić information content (AvgIpc) is 3.17. The van der Waals surface area contributed by atoms with Crippen LogP contribution in [0.1, 0.15) is 19.4 Å². The van der Waals surface area contributed by atoms with E-state index >= 15 is 0 Å². The number of hydrogen-bond donors (Lipinski definition) is 2. The number of aryl methyl sites for hydroxylation is 1. The molecule has 0 aliphatic rings. The predicted molar refractivity (Wildman–Crippen MR) is 116 cm³/mol. The highest BCUT2D eigenvalue weighted by Gasteiger charge is 2.28. The first-order chi connectivity index (χ1) is 14.8. The van der Waals surface area contributed by atoms with Crippen molar-refractivity contribution >= 4 is 28.8 Å². The van der Waals surface area contributed by atoms with Crippen LogP contribution in [0.4, 0.5) is 11.7 Å². The number of oxazole rings is 1. The van der Waals surface area contributed by atoms with Crippen LogP contribution in [0.2, 0.25) is 0 Å². The Morgan fingerprint density at radius 3 is 2.45 bits per heavy atom. The molecule has 8 heteroatoms. The summed E-state index contributed by atoms with van der Waals surface area (Å²) in [6, 6.07) is 14.1. The van der Waals surface area contributed by atoms with Gasteiger partial charge in [0.25, 0.3) is 6.01 Å². The minimum Gasteiger partial charge on any atom is -0.481 e. The van der Waals surface area contributed by atoms with Crippen molar-refractivity contribution in [1.29, 1.82) is 0 Å². The minimum atomic E-state index is -1.02. The molecule has 8 nitrogen and oxygen atoms in total. The van der Waals surface area contributed by atoms with Gasteiger partial charge >= 0.3 is 12.0 Å². The summed E-state index contributed by atoms with van der Waals surface area (Å²) in [5.41, 5.74) is 4.18. The fourth-order valence-electron chi connectivity index (χ4n) is 2.86. The number of nitrogens with one attached hydrogen (secondary N) is 1. The van der Waals surface area contributed by atoms with E-state index in [1.54, 1.807) is 26.2 Å². The molecule has 0 unspecified atom stereocenters. The molecule has 0 aliphatic heterocycles. The number of fused-ring (bicyclic) bond motifs is 1. The molecule has 158 valence electrons. The van der Waals surface area contributed by atoms with Gasteiger partial charge in [0.2, 0.25) is 0 Å². The molecule has 31 heavy (non-hydrogen) atoms. The number of para-hydroxylation sites is 1. The fourth-order valence-corrected chi connectivity index (χ4v) is 2.86. The molecule has 4 rings (SSSR count). The van der Waals surface area contributed by atoms with Crippen LogP contribution in [-0.4, -0.2) is 32.6 Å². The van der Waals surface area contributed by atoms with E-state index in [0.717, 1.165) is 33.5 Å². The number of aliphatic carboxylic acids is 1. The Morgan fingerprint density at radius 1 is 1.10 bits per heavy atom. The van der Waals surface area contributed by atoms with Gasteiger partial charge in [0.05, 0.1) is 5.41 Å². The van der Waals surface area contributed by atoms with Crippen molar-refractivity contribution in [3.8, 4) is 17.1 Å². The van der Waals surface area contributed by atoms with E-state index in [-0.39, 0.29) is 12.6 Å². The van der Waals surface area contributed by atoms with Gasteiger partial charge < -0.3 is 19.6 Å². The largest absolute Gasteiger partial charge is 0.481 e. The van der Waals surface area contributed by atoms with Crippen molar-refractivity contribution in [3.63, 3.8) is 0 Å². The van der Waals surface area contributed by atoms with Gasteiger partial charge in [-0.2, -0.15) is 4.98 Å². The van der Waals surface area contributed by atoms with Crippen molar-refractivity contribution in [3.05, 3.63) is 60.4 Å². The lowest BCUT2D eigenvalue weighted by Crippen LogP contribution is -2.31. The summed E-state index contributed by atoms with van der Waals surface area (Å²) >= 11 is 0. The highest BCUT2D eigenvalue weighted by atomic mass is 16.5. The fraction of sp³-hybridized carbons (Fsp3) is 0.217. The number of ether oxygens (including phenoxy) is 1. The molecule has 0 atom stereocenters. The SMILES string of the molecule is Cc1cccc2nc(Nc3ccc(-c4cnc(OCC(C)(C)C(=O)O)nc4)cc3)oc12. The Kier molecular flexibility index (Phi) is 5.29. The number of rotatable bonds is 7. The van der Waals surface area contributed by atoms with E-state index in [0.29, 0.717) is 6.01 Å². The maximum atomic E-state index is 11.1. The van der Waals surface area contributed by atoms with E-state index in [2.05, 4.69) is 20.3 Å². The zero-order valence-electron chi connectivity index (χ0n) is 17.4. The van der Waals surface area contributed by atoms with Crippen LogP contribution in [0.3, 0.4) is 0 Å². The second-order valence-corrected chi connectivity index (χ2v) is 7.88. The molecule has 0 amide bonds. The third-order valence-corrected chi connectivity index (χ3v) is 4.85. The number of benzene rings is 2. The second kappa shape index (κ2) is 8.06. The molecule has 0 aliphatic carbocycles. The van der Waals surface area contributed by atoms with Crippen molar-refractivity contribution in [1.82, 2.24) is 15.0 Å². The van der Waals surface area contributed by atoms with Gasteiger partial charge in [-0.15, -0.1) is 0 Å². The minimum absolute atomic E-state index is 0.0165. The third-order valence-electron chi connectivity index (χ3n) is 4.85. The average molecular weight is 418 g/mol. The normalized spacial score (nSPS) is 11.5. The molecule has 2 heterocycles. The molecule has 2 aromatic heterocycles. The summed E-state index contributed by atoms with van der Waals surface area (Å²) in [5, 5.41) is 12.3. The van der Waals surface area contributed by atoms with Crippen LogP contribution in [0.15, 0.2) is 59.3 Å². The molecular formula is C23H22N4O4. The molecule has 2 aromatic carbocycles. The number of carboxylic acids is 1. The Balaban J connectivity index is 1.42. The quantitative estimate of drug-likeness (QED) is 0.439. The van der Waals surface area contributed by atoms with E-state index in [9.17, 15) is 4.79 Å². The standard InChI is InChI=1S/C23H22N4O4/c1-14-5-4-6-18-19(14)31-22(27-18)26-17-9-7-15(8-10-17)16-11-24-21(25-12-16)30-13-23(2,3)20(28)29/h4-12H,13H2,1-3H3,(H,26,27)(H,28,29).